The number of thiocarbonyl (C=S) groups is 1. The molecule has 8 nitrogen and oxygen atoms in total. The van der Waals surface area contributed by atoms with Crippen molar-refractivity contribution >= 4 is 51.7 Å². The van der Waals surface area contributed by atoms with Gasteiger partial charge < -0.3 is 15.2 Å². The van der Waals surface area contributed by atoms with Crippen molar-refractivity contribution < 1.29 is 14.6 Å². The van der Waals surface area contributed by atoms with Crippen LogP contribution in [0.1, 0.15) is 18.9 Å². The number of carbonyl (C=O) groups is 1. The molecule has 29 heavy (non-hydrogen) atoms. The average Bonchev–Trinajstić information content (AvgIpc) is 2.99. The van der Waals surface area contributed by atoms with Crippen LogP contribution < -0.4 is 10.9 Å². The molecule has 2 N–H and O–H groups in total. The van der Waals surface area contributed by atoms with Crippen molar-refractivity contribution in [2.45, 2.75) is 13.3 Å². The summed E-state index contributed by atoms with van der Waals surface area (Å²) in [5, 5.41) is 12.1. The number of hydrogen-bond donors (Lipinski definition) is 2. The lowest BCUT2D eigenvalue weighted by Crippen LogP contribution is -2.29. The summed E-state index contributed by atoms with van der Waals surface area (Å²) in [6.45, 7) is 3.68. The monoisotopic (exact) mass is 434 g/mol. The number of aromatic nitrogens is 2. The molecule has 0 saturated carbocycles. The maximum absolute atomic E-state index is 13.0. The predicted octanol–water partition coefficient (Wildman–Crippen LogP) is 1.73. The first-order valence-electron chi connectivity index (χ1n) is 9.26. The molecule has 2 aromatic heterocycles. The fourth-order valence-corrected chi connectivity index (χ4v) is 4.13. The summed E-state index contributed by atoms with van der Waals surface area (Å²) in [4.78, 5) is 32.2. The normalized spacial score (nSPS) is 15.7. The topological polar surface area (TPSA) is 96.2 Å². The number of fused-ring (bicyclic) bond motifs is 1. The van der Waals surface area contributed by atoms with Gasteiger partial charge >= 0.3 is 0 Å². The van der Waals surface area contributed by atoms with E-state index in [1.807, 2.05) is 6.92 Å². The second-order valence-corrected chi connectivity index (χ2v) is 7.82. The first-order valence-corrected chi connectivity index (χ1v) is 10.5. The van der Waals surface area contributed by atoms with Crippen molar-refractivity contribution in [2.24, 2.45) is 0 Å². The van der Waals surface area contributed by atoms with E-state index in [4.69, 9.17) is 22.1 Å². The van der Waals surface area contributed by atoms with Gasteiger partial charge in [-0.25, -0.2) is 4.98 Å². The van der Waals surface area contributed by atoms with Crippen molar-refractivity contribution in [3.63, 3.8) is 0 Å². The zero-order valence-corrected chi connectivity index (χ0v) is 17.6. The van der Waals surface area contributed by atoms with Gasteiger partial charge in [0.15, 0.2) is 0 Å². The number of ether oxygens (including phenoxy) is 1. The summed E-state index contributed by atoms with van der Waals surface area (Å²) in [6, 6.07) is 5.23. The number of carbonyl (C=O) groups excluding carboxylic acids is 1. The average molecular weight is 435 g/mol. The van der Waals surface area contributed by atoms with E-state index in [-0.39, 0.29) is 30.2 Å². The van der Waals surface area contributed by atoms with Crippen LogP contribution in [0.5, 0.6) is 0 Å². The summed E-state index contributed by atoms with van der Waals surface area (Å²) in [5.41, 5.74) is 0.410. The molecule has 0 atom stereocenters. The second-order valence-electron chi connectivity index (χ2n) is 6.14. The molecule has 1 amide bonds. The summed E-state index contributed by atoms with van der Waals surface area (Å²) in [7, 11) is 0. The predicted molar refractivity (Wildman–Crippen MR) is 118 cm³/mol. The van der Waals surface area contributed by atoms with Crippen LogP contribution in [0.3, 0.4) is 0 Å². The molecular weight excluding hydrogens is 412 g/mol. The third-order valence-electron chi connectivity index (χ3n) is 4.20. The van der Waals surface area contributed by atoms with Gasteiger partial charge in [-0.1, -0.05) is 30.0 Å². The van der Waals surface area contributed by atoms with Crippen LogP contribution in [0, 0.1) is 0 Å². The highest BCUT2D eigenvalue weighted by atomic mass is 32.2. The van der Waals surface area contributed by atoms with Crippen molar-refractivity contribution in [1.29, 1.82) is 0 Å². The summed E-state index contributed by atoms with van der Waals surface area (Å²) in [5.74, 6) is 0.0824. The lowest BCUT2D eigenvalue weighted by Gasteiger charge is -2.14. The highest BCUT2D eigenvalue weighted by Crippen LogP contribution is 2.33. The molecule has 1 fully saturated rings. The third kappa shape index (κ3) is 4.84. The Balaban J connectivity index is 1.94. The number of hydrogen-bond acceptors (Lipinski definition) is 8. The Morgan fingerprint density at radius 2 is 2.21 bits per heavy atom. The van der Waals surface area contributed by atoms with Gasteiger partial charge in [0, 0.05) is 32.5 Å². The molecule has 1 aliphatic rings. The van der Waals surface area contributed by atoms with E-state index in [0.29, 0.717) is 46.9 Å². The smallest absolute Gasteiger partial charge is 0.267 e. The fraction of sp³-hybridized carbons (Fsp3) is 0.368. The number of nitrogens with one attached hydrogen (secondary N) is 1. The lowest BCUT2D eigenvalue weighted by atomic mass is 10.2. The van der Waals surface area contributed by atoms with Crippen LogP contribution in [0.15, 0.2) is 34.1 Å². The number of nitrogens with zero attached hydrogens (tertiary/aromatic N) is 3. The van der Waals surface area contributed by atoms with Crippen molar-refractivity contribution in [3.05, 3.63) is 45.2 Å². The molecule has 2 aromatic rings. The van der Waals surface area contributed by atoms with Crippen LogP contribution in [-0.4, -0.2) is 62.5 Å². The first kappa shape index (κ1) is 21.4. The van der Waals surface area contributed by atoms with Gasteiger partial charge in [-0.05, 0) is 31.6 Å². The second kappa shape index (κ2) is 9.97. The van der Waals surface area contributed by atoms with E-state index in [1.54, 1.807) is 24.4 Å². The van der Waals surface area contributed by atoms with Gasteiger partial charge in [-0.2, -0.15) is 0 Å². The largest absolute Gasteiger partial charge is 0.395 e. The van der Waals surface area contributed by atoms with E-state index in [2.05, 4.69) is 10.3 Å². The molecule has 1 saturated heterocycles. The quantitative estimate of drug-likeness (QED) is 0.350. The molecule has 0 aromatic carbocycles. The maximum atomic E-state index is 13.0. The SMILES string of the molecule is CCOCCCN1C(=O)/C(=C/c2c(NCCO)nc3ccccn3c2=O)SC1=S. The van der Waals surface area contributed by atoms with Gasteiger partial charge in [0.05, 0.1) is 17.1 Å². The zero-order chi connectivity index (χ0) is 20.8. The molecule has 3 rings (SSSR count). The van der Waals surface area contributed by atoms with Crippen LogP contribution in [0.4, 0.5) is 5.82 Å². The van der Waals surface area contributed by atoms with E-state index in [1.165, 1.54) is 15.4 Å². The highest BCUT2D eigenvalue weighted by Gasteiger charge is 2.32. The molecule has 3 heterocycles. The van der Waals surface area contributed by atoms with E-state index in [9.17, 15) is 9.59 Å². The number of anilines is 1. The Labute approximate surface area is 177 Å². The molecule has 0 aliphatic carbocycles. The van der Waals surface area contributed by atoms with Gasteiger partial charge in [-0.15, -0.1) is 0 Å². The van der Waals surface area contributed by atoms with Gasteiger partial charge in [0.25, 0.3) is 11.5 Å². The molecule has 0 unspecified atom stereocenters. The fourth-order valence-electron chi connectivity index (χ4n) is 2.83. The van der Waals surface area contributed by atoms with E-state index >= 15 is 0 Å². The van der Waals surface area contributed by atoms with Crippen LogP contribution >= 0.6 is 24.0 Å². The summed E-state index contributed by atoms with van der Waals surface area (Å²) >= 11 is 6.50. The molecular formula is C19H22N4O4S2. The minimum absolute atomic E-state index is 0.114. The van der Waals surface area contributed by atoms with Crippen molar-refractivity contribution in [1.82, 2.24) is 14.3 Å². The molecule has 10 heteroatoms. The molecule has 1 aliphatic heterocycles. The maximum Gasteiger partial charge on any atom is 0.267 e. The molecule has 154 valence electrons. The van der Waals surface area contributed by atoms with Crippen molar-refractivity contribution in [3.8, 4) is 0 Å². The Bertz CT molecular complexity index is 1010. The van der Waals surface area contributed by atoms with Crippen LogP contribution in [0.25, 0.3) is 11.7 Å². The van der Waals surface area contributed by atoms with Gasteiger partial charge in [-0.3, -0.25) is 18.9 Å². The summed E-state index contributed by atoms with van der Waals surface area (Å²) < 4.78 is 7.18. The van der Waals surface area contributed by atoms with E-state index < -0.39 is 0 Å². The van der Waals surface area contributed by atoms with Gasteiger partial charge in [0.2, 0.25) is 0 Å². The summed E-state index contributed by atoms with van der Waals surface area (Å²) in [6.07, 6.45) is 3.82. The lowest BCUT2D eigenvalue weighted by molar-refractivity contribution is -0.122. The molecule has 0 radical (unpaired) electrons. The number of thioether (sulfide) groups is 1. The number of aliphatic hydroxyl groups is 1. The van der Waals surface area contributed by atoms with Crippen LogP contribution in [-0.2, 0) is 9.53 Å². The van der Waals surface area contributed by atoms with Crippen LogP contribution in [0.2, 0.25) is 0 Å². The molecule has 0 bridgehead atoms. The van der Waals surface area contributed by atoms with Gasteiger partial charge in [0.1, 0.15) is 15.8 Å². The Morgan fingerprint density at radius 1 is 1.38 bits per heavy atom. The minimum Gasteiger partial charge on any atom is -0.395 e. The zero-order valence-electron chi connectivity index (χ0n) is 16.0. The standard InChI is InChI=1S/C19H22N4O4S2/c1-2-27-11-5-9-23-18(26)14(29-19(23)28)12-13-16(20-7-10-24)21-15-6-3-4-8-22(15)17(13)25/h3-4,6,8,12,20,24H,2,5,7,9-11H2,1H3/b14-12-. The number of amides is 1. The van der Waals surface area contributed by atoms with E-state index in [0.717, 1.165) is 11.8 Å². The Kier molecular flexibility index (Phi) is 7.37. The Hall–Kier alpha value is -2.27. The number of rotatable bonds is 9. The third-order valence-corrected chi connectivity index (χ3v) is 5.57. The Morgan fingerprint density at radius 3 is 2.97 bits per heavy atom. The number of aliphatic hydroxyl groups excluding tert-OH is 1. The minimum atomic E-state index is -0.308. The first-order chi connectivity index (χ1) is 14.1. The molecule has 0 spiro atoms. The highest BCUT2D eigenvalue weighted by molar-refractivity contribution is 8.26. The number of pyridine rings is 1. The van der Waals surface area contributed by atoms with Crippen molar-refractivity contribution in [2.75, 3.05) is 38.2 Å².